The number of ether oxygens (including phenoxy) is 1. The number of nitrogens with zero attached hydrogens (tertiary/aromatic N) is 2. The molecule has 0 fully saturated rings. The van der Waals surface area contributed by atoms with Crippen LogP contribution in [-0.2, 0) is 26.2 Å². The van der Waals surface area contributed by atoms with E-state index in [-0.39, 0.29) is 36.2 Å². The second kappa shape index (κ2) is 14.2. The number of sulfonamides is 1. The van der Waals surface area contributed by atoms with Crippen LogP contribution in [0.4, 0.5) is 5.69 Å². The van der Waals surface area contributed by atoms with Crippen molar-refractivity contribution in [2.24, 2.45) is 0 Å². The largest absolute Gasteiger partial charge is 0.495 e. The Morgan fingerprint density at radius 1 is 1.11 bits per heavy atom. The molecule has 0 bridgehead atoms. The minimum absolute atomic E-state index is 0.0827. The van der Waals surface area contributed by atoms with Crippen molar-refractivity contribution in [3.8, 4) is 5.75 Å². The molecular formula is C27H38ClN3O5S. The first kappa shape index (κ1) is 30.4. The molecule has 0 saturated carbocycles. The molecule has 10 heteroatoms. The zero-order chi connectivity index (χ0) is 27.6. The first-order valence-corrected chi connectivity index (χ1v) is 14.7. The van der Waals surface area contributed by atoms with Crippen LogP contribution in [0.5, 0.6) is 5.75 Å². The Balaban J connectivity index is 2.21. The van der Waals surface area contributed by atoms with Crippen LogP contribution in [0.3, 0.4) is 0 Å². The van der Waals surface area contributed by atoms with Crippen LogP contribution < -0.4 is 14.4 Å². The zero-order valence-corrected chi connectivity index (χ0v) is 23.9. The summed E-state index contributed by atoms with van der Waals surface area (Å²) in [6.45, 7) is 6.76. The molecule has 0 saturated heterocycles. The summed E-state index contributed by atoms with van der Waals surface area (Å²) in [5, 5.41) is 3.19. The second-order valence-electron chi connectivity index (χ2n) is 8.98. The van der Waals surface area contributed by atoms with Crippen LogP contribution in [0.25, 0.3) is 0 Å². The van der Waals surface area contributed by atoms with Gasteiger partial charge in [0.15, 0.2) is 0 Å². The number of benzene rings is 2. The Morgan fingerprint density at radius 2 is 1.78 bits per heavy atom. The minimum atomic E-state index is -3.62. The van der Waals surface area contributed by atoms with E-state index in [1.54, 1.807) is 17.0 Å². The monoisotopic (exact) mass is 551 g/mol. The standard InChI is InChI=1S/C27H38ClN3O5S/c1-6-16-29-27(33)24(7-2)30(19-21-12-10-20(3)11-13-21)26(32)9-8-17-31(37(5,34)35)22-14-15-25(36-4)23(28)18-22/h10-15,18,24H,6-9,16-17,19H2,1-5H3,(H,29,33)/t24-/m0/s1. The van der Waals surface area contributed by atoms with Gasteiger partial charge in [0.05, 0.1) is 24.1 Å². The highest BCUT2D eigenvalue weighted by Crippen LogP contribution is 2.30. The fourth-order valence-electron chi connectivity index (χ4n) is 3.99. The average Bonchev–Trinajstić information content (AvgIpc) is 2.85. The fraction of sp³-hybridized carbons (Fsp3) is 0.481. The SMILES string of the molecule is CCCNC(=O)[C@H](CC)N(Cc1ccc(C)cc1)C(=O)CCCN(c1ccc(OC)c(Cl)c1)S(C)(=O)=O. The Kier molecular flexibility index (Phi) is 11.7. The summed E-state index contributed by atoms with van der Waals surface area (Å²) in [5.41, 5.74) is 2.42. The van der Waals surface area contributed by atoms with Crippen molar-refractivity contribution in [2.75, 3.05) is 30.8 Å². The smallest absolute Gasteiger partial charge is 0.242 e. The number of nitrogens with one attached hydrogen (secondary N) is 1. The van der Waals surface area contributed by atoms with Gasteiger partial charge < -0.3 is 15.0 Å². The molecule has 37 heavy (non-hydrogen) atoms. The molecule has 0 unspecified atom stereocenters. The third kappa shape index (κ3) is 8.93. The van der Waals surface area contributed by atoms with Crippen molar-refractivity contribution in [3.63, 3.8) is 0 Å². The van der Waals surface area contributed by atoms with Crippen LogP contribution in [0, 0.1) is 6.92 Å². The molecule has 1 N–H and O–H groups in total. The van der Waals surface area contributed by atoms with Gasteiger partial charge in [-0.05, 0) is 49.9 Å². The Labute approximate surface area is 226 Å². The summed E-state index contributed by atoms with van der Waals surface area (Å²) in [7, 11) is -2.14. The summed E-state index contributed by atoms with van der Waals surface area (Å²) in [4.78, 5) is 27.9. The number of amides is 2. The second-order valence-corrected chi connectivity index (χ2v) is 11.3. The van der Waals surface area contributed by atoms with Gasteiger partial charge in [-0.1, -0.05) is 55.3 Å². The number of carbonyl (C=O) groups is 2. The van der Waals surface area contributed by atoms with Crippen molar-refractivity contribution < 1.29 is 22.7 Å². The van der Waals surface area contributed by atoms with E-state index in [2.05, 4.69) is 5.32 Å². The highest BCUT2D eigenvalue weighted by molar-refractivity contribution is 7.92. The van der Waals surface area contributed by atoms with Gasteiger partial charge in [0.1, 0.15) is 11.8 Å². The molecule has 2 amide bonds. The molecule has 2 aromatic rings. The molecule has 2 rings (SSSR count). The van der Waals surface area contributed by atoms with Gasteiger partial charge in [-0.25, -0.2) is 8.42 Å². The van der Waals surface area contributed by atoms with Crippen molar-refractivity contribution in [1.29, 1.82) is 0 Å². The van der Waals surface area contributed by atoms with E-state index in [0.717, 1.165) is 23.8 Å². The number of hydrogen-bond acceptors (Lipinski definition) is 5. The van der Waals surface area contributed by atoms with Gasteiger partial charge in [0.25, 0.3) is 0 Å². The Bertz CT molecular complexity index is 1160. The maximum atomic E-state index is 13.4. The summed E-state index contributed by atoms with van der Waals surface area (Å²) in [6.07, 6.45) is 2.73. The number of methoxy groups -OCH3 is 1. The van der Waals surface area contributed by atoms with E-state index < -0.39 is 16.1 Å². The molecule has 204 valence electrons. The lowest BCUT2D eigenvalue weighted by Gasteiger charge is -2.31. The number of hydrogen-bond donors (Lipinski definition) is 1. The highest BCUT2D eigenvalue weighted by atomic mass is 35.5. The summed E-state index contributed by atoms with van der Waals surface area (Å²) in [6, 6.07) is 12.0. The molecule has 1 atom stereocenters. The lowest BCUT2D eigenvalue weighted by Crippen LogP contribution is -2.49. The maximum absolute atomic E-state index is 13.4. The van der Waals surface area contributed by atoms with Gasteiger partial charge in [0.2, 0.25) is 21.8 Å². The number of halogens is 1. The van der Waals surface area contributed by atoms with E-state index in [1.165, 1.54) is 17.5 Å². The third-order valence-corrected chi connectivity index (χ3v) is 7.47. The van der Waals surface area contributed by atoms with Crippen LogP contribution in [0.15, 0.2) is 42.5 Å². The van der Waals surface area contributed by atoms with Crippen molar-refractivity contribution in [2.45, 2.75) is 59.0 Å². The molecule has 0 heterocycles. The Hall–Kier alpha value is -2.78. The van der Waals surface area contributed by atoms with Crippen molar-refractivity contribution in [3.05, 3.63) is 58.6 Å². The normalized spacial score (nSPS) is 12.1. The molecule has 0 spiro atoms. The quantitative estimate of drug-likeness (QED) is 0.372. The van der Waals surface area contributed by atoms with E-state index in [4.69, 9.17) is 16.3 Å². The molecule has 0 aliphatic rings. The van der Waals surface area contributed by atoms with Crippen molar-refractivity contribution >= 4 is 39.1 Å². The predicted octanol–water partition coefficient (Wildman–Crippen LogP) is 4.54. The summed E-state index contributed by atoms with van der Waals surface area (Å²) >= 11 is 6.21. The molecule has 8 nitrogen and oxygen atoms in total. The molecule has 2 aromatic carbocycles. The van der Waals surface area contributed by atoms with E-state index in [0.29, 0.717) is 30.9 Å². The number of anilines is 1. The number of carbonyl (C=O) groups excluding carboxylic acids is 2. The summed E-state index contributed by atoms with van der Waals surface area (Å²) < 4.78 is 31.4. The minimum Gasteiger partial charge on any atom is -0.495 e. The number of aryl methyl sites for hydroxylation is 1. The van der Waals surface area contributed by atoms with Gasteiger partial charge in [-0.2, -0.15) is 0 Å². The van der Waals surface area contributed by atoms with Crippen LogP contribution in [-0.4, -0.2) is 57.6 Å². The van der Waals surface area contributed by atoms with Crippen LogP contribution in [0.2, 0.25) is 5.02 Å². The predicted molar refractivity (Wildman–Crippen MR) is 149 cm³/mol. The Morgan fingerprint density at radius 3 is 2.32 bits per heavy atom. The first-order chi connectivity index (χ1) is 17.5. The third-order valence-electron chi connectivity index (χ3n) is 5.98. The average molecular weight is 552 g/mol. The van der Waals surface area contributed by atoms with Crippen LogP contribution >= 0.6 is 11.6 Å². The first-order valence-electron chi connectivity index (χ1n) is 12.5. The summed E-state index contributed by atoms with van der Waals surface area (Å²) in [5.74, 6) is 0.0449. The molecule has 0 radical (unpaired) electrons. The molecule has 0 aliphatic heterocycles. The maximum Gasteiger partial charge on any atom is 0.242 e. The van der Waals surface area contributed by atoms with Gasteiger partial charge in [-0.15, -0.1) is 0 Å². The topological polar surface area (TPSA) is 96.0 Å². The van der Waals surface area contributed by atoms with Crippen molar-refractivity contribution in [1.82, 2.24) is 10.2 Å². The highest BCUT2D eigenvalue weighted by Gasteiger charge is 2.28. The van der Waals surface area contributed by atoms with Gasteiger partial charge >= 0.3 is 0 Å². The molecular weight excluding hydrogens is 514 g/mol. The van der Waals surface area contributed by atoms with Crippen LogP contribution in [0.1, 0.15) is 50.7 Å². The lowest BCUT2D eigenvalue weighted by molar-refractivity contribution is -0.141. The fourth-order valence-corrected chi connectivity index (χ4v) is 5.20. The van der Waals surface area contributed by atoms with Gasteiger partial charge in [-0.3, -0.25) is 13.9 Å². The molecule has 0 aliphatic carbocycles. The zero-order valence-electron chi connectivity index (χ0n) is 22.3. The van der Waals surface area contributed by atoms with Gasteiger partial charge in [0, 0.05) is 26.1 Å². The lowest BCUT2D eigenvalue weighted by atomic mass is 10.1. The molecule has 0 aromatic heterocycles. The van der Waals surface area contributed by atoms with E-state index in [9.17, 15) is 18.0 Å². The number of rotatable bonds is 14. The van der Waals surface area contributed by atoms with E-state index in [1.807, 2.05) is 45.0 Å². The van der Waals surface area contributed by atoms with E-state index >= 15 is 0 Å².